The largest absolute Gasteiger partial charge is 0.0836 e. The highest BCUT2D eigenvalue weighted by atomic mass is 79.9. The summed E-state index contributed by atoms with van der Waals surface area (Å²) in [4.78, 5) is 0.492. The Labute approximate surface area is 121 Å². The van der Waals surface area contributed by atoms with Crippen LogP contribution in [0.2, 0.25) is 0 Å². The smallest absolute Gasteiger partial charge is 0.0423 e. The molecule has 0 aliphatic carbocycles. The van der Waals surface area contributed by atoms with Gasteiger partial charge < -0.3 is 0 Å². The van der Waals surface area contributed by atoms with Crippen LogP contribution in [-0.2, 0) is 5.41 Å². The van der Waals surface area contributed by atoms with E-state index in [1.807, 2.05) is 0 Å². The number of hydrogen-bond donors (Lipinski definition) is 0. The maximum atomic E-state index is 3.86. The van der Waals surface area contributed by atoms with Gasteiger partial charge in [0.05, 0.1) is 0 Å². The summed E-state index contributed by atoms with van der Waals surface area (Å²) in [6.07, 6.45) is 3.64. The van der Waals surface area contributed by atoms with E-state index in [0.717, 1.165) is 5.92 Å². The van der Waals surface area contributed by atoms with Crippen molar-refractivity contribution in [1.29, 1.82) is 0 Å². The fourth-order valence-corrected chi connectivity index (χ4v) is 3.35. The molecule has 102 valence electrons. The van der Waals surface area contributed by atoms with Crippen molar-refractivity contribution in [2.45, 2.75) is 64.1 Å². The third kappa shape index (κ3) is 3.60. The van der Waals surface area contributed by atoms with E-state index in [2.05, 4.69) is 74.8 Å². The van der Waals surface area contributed by atoms with Crippen LogP contribution in [0.1, 0.15) is 69.8 Å². The first-order valence-electron chi connectivity index (χ1n) is 7.20. The zero-order valence-electron chi connectivity index (χ0n) is 12.5. The molecule has 0 fully saturated rings. The Morgan fingerprint density at radius 3 is 1.89 bits per heavy atom. The van der Waals surface area contributed by atoms with Crippen LogP contribution >= 0.6 is 15.9 Å². The van der Waals surface area contributed by atoms with Gasteiger partial charge in [-0.2, -0.15) is 0 Å². The van der Waals surface area contributed by atoms with Crippen LogP contribution < -0.4 is 0 Å². The summed E-state index contributed by atoms with van der Waals surface area (Å²) in [5.74, 6) is 0.732. The molecule has 0 heterocycles. The third-order valence-corrected chi connectivity index (χ3v) is 5.63. The average molecular weight is 311 g/mol. The third-order valence-electron chi connectivity index (χ3n) is 4.36. The van der Waals surface area contributed by atoms with Gasteiger partial charge in [0.15, 0.2) is 0 Å². The first kappa shape index (κ1) is 15.8. The summed E-state index contributed by atoms with van der Waals surface area (Å²) in [6, 6.07) is 9.19. The molecule has 0 aliphatic heterocycles. The molecule has 0 nitrogen and oxygen atoms in total. The molecular weight excluding hydrogens is 284 g/mol. The quantitative estimate of drug-likeness (QED) is 0.545. The van der Waals surface area contributed by atoms with Gasteiger partial charge in [-0.3, -0.25) is 0 Å². The van der Waals surface area contributed by atoms with Crippen LogP contribution in [0.4, 0.5) is 0 Å². The van der Waals surface area contributed by atoms with Crippen LogP contribution in [0.5, 0.6) is 0 Å². The molecule has 0 amide bonds. The van der Waals surface area contributed by atoms with Gasteiger partial charge in [0.2, 0.25) is 0 Å². The standard InChI is InChI=1S/C17H27Br/c1-6-13(7-2)16(18)14-9-11-15(12-10-14)17(4,5)8-3/h9-13,16H,6-8H2,1-5H3. The lowest BCUT2D eigenvalue weighted by Gasteiger charge is -2.25. The first-order valence-corrected chi connectivity index (χ1v) is 8.12. The summed E-state index contributed by atoms with van der Waals surface area (Å²) in [5.41, 5.74) is 3.15. The minimum absolute atomic E-state index is 0.287. The van der Waals surface area contributed by atoms with Crippen LogP contribution in [0.25, 0.3) is 0 Å². The molecular formula is C17H27Br. The molecule has 0 spiro atoms. The molecule has 1 aromatic carbocycles. The number of alkyl halides is 1. The monoisotopic (exact) mass is 310 g/mol. The van der Waals surface area contributed by atoms with Crippen molar-refractivity contribution in [3.05, 3.63) is 35.4 Å². The number of benzene rings is 1. The normalized spacial score (nSPS) is 13.9. The van der Waals surface area contributed by atoms with Crippen molar-refractivity contribution in [3.8, 4) is 0 Å². The fraction of sp³-hybridized carbons (Fsp3) is 0.647. The molecule has 18 heavy (non-hydrogen) atoms. The molecule has 0 aliphatic rings. The second kappa shape index (κ2) is 6.75. The highest BCUT2D eigenvalue weighted by Crippen LogP contribution is 2.36. The van der Waals surface area contributed by atoms with Gasteiger partial charge in [0.1, 0.15) is 0 Å². The van der Waals surface area contributed by atoms with Crippen LogP contribution in [0.15, 0.2) is 24.3 Å². The average Bonchev–Trinajstić information content (AvgIpc) is 2.40. The predicted molar refractivity (Wildman–Crippen MR) is 85.5 cm³/mol. The van der Waals surface area contributed by atoms with E-state index in [-0.39, 0.29) is 5.41 Å². The van der Waals surface area contributed by atoms with Crippen molar-refractivity contribution < 1.29 is 0 Å². The number of rotatable bonds is 6. The Hall–Kier alpha value is -0.300. The Morgan fingerprint density at radius 2 is 1.50 bits per heavy atom. The van der Waals surface area contributed by atoms with Crippen molar-refractivity contribution in [1.82, 2.24) is 0 Å². The van der Waals surface area contributed by atoms with Crippen molar-refractivity contribution in [2.75, 3.05) is 0 Å². The summed E-state index contributed by atoms with van der Waals surface area (Å²) in [5, 5.41) is 0. The minimum atomic E-state index is 0.287. The SMILES string of the molecule is CCC(CC)C(Br)c1ccc(C(C)(C)CC)cc1. The highest BCUT2D eigenvalue weighted by molar-refractivity contribution is 9.09. The van der Waals surface area contributed by atoms with Crippen LogP contribution in [-0.4, -0.2) is 0 Å². The van der Waals surface area contributed by atoms with Crippen molar-refractivity contribution in [3.63, 3.8) is 0 Å². The Morgan fingerprint density at radius 1 is 1.00 bits per heavy atom. The van der Waals surface area contributed by atoms with E-state index in [0.29, 0.717) is 4.83 Å². The molecule has 0 N–H and O–H groups in total. The van der Waals surface area contributed by atoms with E-state index in [4.69, 9.17) is 0 Å². The van der Waals surface area contributed by atoms with Crippen molar-refractivity contribution >= 4 is 15.9 Å². The van der Waals surface area contributed by atoms with E-state index in [1.165, 1.54) is 30.4 Å². The summed E-state index contributed by atoms with van der Waals surface area (Å²) < 4.78 is 0. The van der Waals surface area contributed by atoms with Gasteiger partial charge in [0, 0.05) is 4.83 Å². The lowest BCUT2D eigenvalue weighted by Crippen LogP contribution is -2.15. The molecule has 1 heteroatoms. The van der Waals surface area contributed by atoms with Crippen LogP contribution in [0.3, 0.4) is 0 Å². The second-order valence-corrected chi connectivity index (χ2v) is 6.82. The zero-order chi connectivity index (χ0) is 13.8. The molecule has 0 aromatic heterocycles. The zero-order valence-corrected chi connectivity index (χ0v) is 14.0. The maximum absolute atomic E-state index is 3.86. The van der Waals surface area contributed by atoms with Gasteiger partial charge in [-0.1, -0.05) is 87.7 Å². The molecule has 0 saturated heterocycles. The Kier molecular flexibility index (Phi) is 5.91. The molecule has 0 radical (unpaired) electrons. The first-order chi connectivity index (χ1) is 8.46. The maximum Gasteiger partial charge on any atom is 0.0423 e. The van der Waals surface area contributed by atoms with Gasteiger partial charge >= 0.3 is 0 Å². The number of hydrogen-bond acceptors (Lipinski definition) is 0. The van der Waals surface area contributed by atoms with Gasteiger partial charge in [-0.05, 0) is 28.9 Å². The molecule has 1 rings (SSSR count). The summed E-state index contributed by atoms with van der Waals surface area (Å²) in [7, 11) is 0. The highest BCUT2D eigenvalue weighted by Gasteiger charge is 2.20. The minimum Gasteiger partial charge on any atom is -0.0836 e. The molecule has 1 unspecified atom stereocenters. The van der Waals surface area contributed by atoms with Gasteiger partial charge in [-0.25, -0.2) is 0 Å². The van der Waals surface area contributed by atoms with Crippen LogP contribution in [0, 0.1) is 5.92 Å². The predicted octanol–water partition coefficient (Wildman–Crippen LogP) is 6.25. The Balaban J connectivity index is 2.89. The van der Waals surface area contributed by atoms with Gasteiger partial charge in [-0.15, -0.1) is 0 Å². The molecule has 1 aromatic rings. The van der Waals surface area contributed by atoms with Gasteiger partial charge in [0.25, 0.3) is 0 Å². The Bertz CT molecular complexity index is 346. The van der Waals surface area contributed by atoms with E-state index in [1.54, 1.807) is 0 Å². The van der Waals surface area contributed by atoms with E-state index in [9.17, 15) is 0 Å². The molecule has 1 atom stereocenters. The molecule has 0 bridgehead atoms. The summed E-state index contributed by atoms with van der Waals surface area (Å²) >= 11 is 3.86. The lowest BCUT2D eigenvalue weighted by atomic mass is 9.81. The van der Waals surface area contributed by atoms with Crippen molar-refractivity contribution in [2.24, 2.45) is 5.92 Å². The van der Waals surface area contributed by atoms with E-state index >= 15 is 0 Å². The van der Waals surface area contributed by atoms with E-state index < -0.39 is 0 Å². The number of halogens is 1. The molecule has 0 saturated carbocycles. The topological polar surface area (TPSA) is 0 Å². The summed E-state index contributed by atoms with van der Waals surface area (Å²) in [6.45, 7) is 11.4. The second-order valence-electron chi connectivity index (χ2n) is 5.84. The fourth-order valence-electron chi connectivity index (χ4n) is 2.30. The lowest BCUT2D eigenvalue weighted by molar-refractivity contribution is 0.485.